The van der Waals surface area contributed by atoms with Gasteiger partial charge in [-0.05, 0) is 152 Å². The van der Waals surface area contributed by atoms with Crippen LogP contribution < -0.4 is 4.90 Å². The highest BCUT2D eigenvalue weighted by Crippen LogP contribution is 2.41. The number of hydrogen-bond donors (Lipinski definition) is 0. The molecule has 0 bridgehead atoms. The summed E-state index contributed by atoms with van der Waals surface area (Å²) in [7, 11) is 0. The van der Waals surface area contributed by atoms with Crippen LogP contribution in [0.5, 0.6) is 0 Å². The molecule has 0 aliphatic heterocycles. The van der Waals surface area contributed by atoms with Gasteiger partial charge >= 0.3 is 0 Å². The lowest BCUT2D eigenvalue weighted by atomic mass is 9.94. The number of furan rings is 1. The average Bonchev–Trinajstić information content (AvgIpc) is 4.04. The van der Waals surface area contributed by atoms with E-state index in [1.54, 1.807) is 0 Å². The molecule has 0 unspecified atom stereocenters. The van der Waals surface area contributed by atoms with E-state index in [0.29, 0.717) is 0 Å². The van der Waals surface area contributed by atoms with E-state index in [0.717, 1.165) is 66.9 Å². The Morgan fingerprint density at radius 3 is 1.24 bits per heavy atom. The highest BCUT2D eigenvalue weighted by atomic mass is 16.3. The van der Waals surface area contributed by atoms with Crippen molar-refractivity contribution < 1.29 is 4.42 Å². The van der Waals surface area contributed by atoms with Gasteiger partial charge in [-0.1, -0.05) is 206 Å². The Hall–Kier alpha value is -9.96. The van der Waals surface area contributed by atoms with Gasteiger partial charge in [-0.25, -0.2) is 0 Å². The van der Waals surface area contributed by atoms with Crippen LogP contribution in [-0.2, 0) is 0 Å². The van der Waals surface area contributed by atoms with E-state index in [1.807, 2.05) is 12.1 Å². The molecule has 0 saturated heterocycles. The summed E-state index contributed by atoms with van der Waals surface area (Å²) in [5, 5.41) is 4.79. The lowest BCUT2D eigenvalue weighted by Crippen LogP contribution is -2.09. The predicted molar refractivity (Wildman–Crippen MR) is 315 cm³/mol. The fraction of sp³-hybridized carbons (Fsp3) is 0. The molecule has 3 nitrogen and oxygen atoms in total. The van der Waals surface area contributed by atoms with Crippen molar-refractivity contribution in [3.05, 3.63) is 291 Å². The maximum Gasteiger partial charge on any atom is 0.136 e. The summed E-state index contributed by atoms with van der Waals surface area (Å²) >= 11 is 0. The van der Waals surface area contributed by atoms with Crippen molar-refractivity contribution in [1.29, 1.82) is 0 Å². The molecular formula is C72H48N2O. The van der Waals surface area contributed by atoms with Gasteiger partial charge in [-0.15, -0.1) is 0 Å². The highest BCUT2D eigenvalue weighted by Gasteiger charge is 2.17. The van der Waals surface area contributed by atoms with Crippen LogP contribution in [0.1, 0.15) is 0 Å². The minimum absolute atomic E-state index is 0.894. The van der Waals surface area contributed by atoms with E-state index in [1.165, 1.54) is 66.3 Å². The molecule has 3 heteroatoms. The molecule has 0 N–H and O–H groups in total. The van der Waals surface area contributed by atoms with Crippen LogP contribution in [0.3, 0.4) is 0 Å². The third-order valence-electron chi connectivity index (χ3n) is 14.8. The average molecular weight is 957 g/mol. The molecule has 12 aromatic carbocycles. The first-order valence-corrected chi connectivity index (χ1v) is 25.6. The van der Waals surface area contributed by atoms with Crippen molar-refractivity contribution in [2.75, 3.05) is 4.90 Å². The molecule has 0 amide bonds. The molecule has 0 spiro atoms. The molecule has 0 fully saturated rings. The monoisotopic (exact) mass is 956 g/mol. The topological polar surface area (TPSA) is 21.3 Å². The summed E-state index contributed by atoms with van der Waals surface area (Å²) in [6.45, 7) is 0. The zero-order valence-electron chi connectivity index (χ0n) is 41.0. The zero-order valence-corrected chi connectivity index (χ0v) is 41.0. The van der Waals surface area contributed by atoms with Gasteiger partial charge in [0.2, 0.25) is 0 Å². The van der Waals surface area contributed by atoms with Crippen LogP contribution in [0.25, 0.3) is 116 Å². The van der Waals surface area contributed by atoms with E-state index in [-0.39, 0.29) is 0 Å². The van der Waals surface area contributed by atoms with Crippen LogP contribution in [0, 0.1) is 0 Å². The van der Waals surface area contributed by atoms with Crippen molar-refractivity contribution in [1.82, 2.24) is 4.57 Å². The second kappa shape index (κ2) is 18.6. The number of nitrogens with zero attached hydrogens (tertiary/aromatic N) is 2. The quantitative estimate of drug-likeness (QED) is 0.136. The van der Waals surface area contributed by atoms with Gasteiger partial charge in [-0.3, -0.25) is 0 Å². The Balaban J connectivity index is 0.785. The highest BCUT2D eigenvalue weighted by molar-refractivity contribution is 6.09. The van der Waals surface area contributed by atoms with Gasteiger partial charge in [0.1, 0.15) is 11.2 Å². The number of fused-ring (bicyclic) bond motifs is 6. The maximum atomic E-state index is 6.32. The van der Waals surface area contributed by atoms with Gasteiger partial charge in [0.25, 0.3) is 0 Å². The third kappa shape index (κ3) is 8.04. The van der Waals surface area contributed by atoms with Gasteiger partial charge < -0.3 is 13.9 Å². The van der Waals surface area contributed by atoms with E-state index in [4.69, 9.17) is 4.42 Å². The Bertz CT molecular complexity index is 4320. The van der Waals surface area contributed by atoms with Crippen molar-refractivity contribution in [2.24, 2.45) is 0 Å². The van der Waals surface area contributed by atoms with E-state index in [9.17, 15) is 0 Å². The largest absolute Gasteiger partial charge is 0.456 e. The predicted octanol–water partition coefficient (Wildman–Crippen LogP) is 20.2. The summed E-state index contributed by atoms with van der Waals surface area (Å²) in [4.78, 5) is 2.35. The first kappa shape index (κ1) is 43.8. The van der Waals surface area contributed by atoms with Gasteiger partial charge in [-0.2, -0.15) is 0 Å². The van der Waals surface area contributed by atoms with Crippen LogP contribution in [0.4, 0.5) is 17.1 Å². The molecule has 0 atom stereocenters. The summed E-state index contributed by atoms with van der Waals surface area (Å²) in [5.74, 6) is 0. The standard InChI is InChI=1S/C72H48N2O/c1-2-14-49(15-3-1)55-16-12-17-56(46-55)53-34-41-60(42-35-53)73(61-43-36-54(37-44-61)63-20-4-5-21-64(63)58-38-45-68-67-24-8-11-27-71(67)75-72(68)48-58)59-39-32-51(33-40-59)50-28-30-52(31-29-50)57-18-13-19-62(47-57)74-69-25-9-6-22-65(69)66-23-7-10-26-70(66)74/h1-48H. The molecule has 2 aromatic heterocycles. The molecule has 14 aromatic rings. The first-order valence-electron chi connectivity index (χ1n) is 25.6. The minimum Gasteiger partial charge on any atom is -0.456 e. The van der Waals surface area contributed by atoms with Crippen LogP contribution >= 0.6 is 0 Å². The van der Waals surface area contributed by atoms with Crippen molar-refractivity contribution >= 4 is 60.8 Å². The van der Waals surface area contributed by atoms with E-state index < -0.39 is 0 Å². The summed E-state index contributed by atoms with van der Waals surface area (Å²) in [6.07, 6.45) is 0. The normalized spacial score (nSPS) is 11.5. The second-order valence-electron chi connectivity index (χ2n) is 19.3. The second-order valence-corrected chi connectivity index (χ2v) is 19.3. The zero-order chi connectivity index (χ0) is 49.7. The molecule has 75 heavy (non-hydrogen) atoms. The number of para-hydroxylation sites is 3. The summed E-state index contributed by atoms with van der Waals surface area (Å²) < 4.78 is 8.70. The van der Waals surface area contributed by atoms with Crippen molar-refractivity contribution in [3.8, 4) is 72.4 Å². The van der Waals surface area contributed by atoms with E-state index in [2.05, 4.69) is 289 Å². The number of anilines is 3. The molecule has 0 aliphatic carbocycles. The van der Waals surface area contributed by atoms with Gasteiger partial charge in [0.15, 0.2) is 0 Å². The molecule has 2 heterocycles. The first-order chi connectivity index (χ1) is 37.2. The lowest BCUT2D eigenvalue weighted by Gasteiger charge is -2.26. The Morgan fingerprint density at radius 1 is 0.240 bits per heavy atom. The number of aromatic nitrogens is 1. The molecule has 352 valence electrons. The van der Waals surface area contributed by atoms with Crippen LogP contribution in [0.2, 0.25) is 0 Å². The van der Waals surface area contributed by atoms with Crippen molar-refractivity contribution in [3.63, 3.8) is 0 Å². The maximum absolute atomic E-state index is 6.32. The third-order valence-corrected chi connectivity index (χ3v) is 14.8. The SMILES string of the molecule is c1ccc(-c2cccc(-c3ccc(N(c4ccc(-c5ccc(-c6cccc(-n7c8ccccc8c8ccccc87)c6)cc5)cc4)c4ccc(-c5ccccc5-c5ccc6c(c5)oc5ccccc56)cc4)cc3)c2)cc1. The van der Waals surface area contributed by atoms with Crippen molar-refractivity contribution in [2.45, 2.75) is 0 Å². The minimum atomic E-state index is 0.894. The van der Waals surface area contributed by atoms with E-state index >= 15 is 0 Å². The van der Waals surface area contributed by atoms with Gasteiger partial charge in [0, 0.05) is 44.3 Å². The summed E-state index contributed by atoms with van der Waals surface area (Å²) in [6, 6.07) is 105. The number of benzene rings is 12. The van der Waals surface area contributed by atoms with Crippen LogP contribution in [-0.4, -0.2) is 4.57 Å². The smallest absolute Gasteiger partial charge is 0.136 e. The van der Waals surface area contributed by atoms with Crippen LogP contribution in [0.15, 0.2) is 296 Å². The molecule has 14 rings (SSSR count). The van der Waals surface area contributed by atoms with Gasteiger partial charge in [0.05, 0.1) is 11.0 Å². The Morgan fingerprint density at radius 2 is 0.640 bits per heavy atom. The lowest BCUT2D eigenvalue weighted by molar-refractivity contribution is 0.669. The number of hydrogen-bond acceptors (Lipinski definition) is 2. The summed E-state index contributed by atoms with van der Waals surface area (Å²) in [5.41, 5.74) is 22.6. The fourth-order valence-electron chi connectivity index (χ4n) is 11.1. The molecule has 0 aliphatic rings. The Kier molecular flexibility index (Phi) is 10.8. The molecular weight excluding hydrogens is 909 g/mol. The Labute approximate surface area is 436 Å². The number of rotatable bonds is 10. The molecule has 0 saturated carbocycles. The fourth-order valence-corrected chi connectivity index (χ4v) is 11.1. The molecule has 0 radical (unpaired) electrons.